The predicted molar refractivity (Wildman–Crippen MR) is 61.9 cm³/mol. The fourth-order valence-corrected chi connectivity index (χ4v) is 2.44. The minimum absolute atomic E-state index is 0.0980. The SMILES string of the molecule is COc1cc(C(=O)N2CC(C)CC(C)C2)on1. The number of rotatable bonds is 2. The first kappa shape index (κ1) is 12.0. The summed E-state index contributed by atoms with van der Waals surface area (Å²) in [5, 5.41) is 3.64. The fourth-order valence-electron chi connectivity index (χ4n) is 2.44. The van der Waals surface area contributed by atoms with E-state index in [1.54, 1.807) is 0 Å². The van der Waals surface area contributed by atoms with Crippen LogP contribution < -0.4 is 4.74 Å². The van der Waals surface area contributed by atoms with Crippen LogP contribution >= 0.6 is 0 Å². The maximum atomic E-state index is 12.2. The normalized spacial score (nSPS) is 24.8. The summed E-state index contributed by atoms with van der Waals surface area (Å²) in [6.07, 6.45) is 1.17. The lowest BCUT2D eigenvalue weighted by molar-refractivity contribution is 0.0582. The number of ether oxygens (including phenoxy) is 1. The maximum Gasteiger partial charge on any atom is 0.292 e. The summed E-state index contributed by atoms with van der Waals surface area (Å²) >= 11 is 0. The Bertz CT molecular complexity index is 392. The highest BCUT2D eigenvalue weighted by Crippen LogP contribution is 2.23. The number of methoxy groups -OCH3 is 1. The van der Waals surface area contributed by atoms with Gasteiger partial charge in [-0.05, 0) is 23.4 Å². The summed E-state index contributed by atoms with van der Waals surface area (Å²) < 4.78 is 9.87. The molecule has 0 bridgehead atoms. The summed E-state index contributed by atoms with van der Waals surface area (Å²) in [7, 11) is 1.50. The quantitative estimate of drug-likeness (QED) is 0.788. The van der Waals surface area contributed by atoms with Crippen LogP contribution in [0.4, 0.5) is 0 Å². The zero-order valence-electron chi connectivity index (χ0n) is 10.5. The summed E-state index contributed by atoms with van der Waals surface area (Å²) in [4.78, 5) is 14.0. The van der Waals surface area contributed by atoms with Crippen molar-refractivity contribution in [1.29, 1.82) is 0 Å². The monoisotopic (exact) mass is 238 g/mol. The van der Waals surface area contributed by atoms with E-state index in [0.29, 0.717) is 17.7 Å². The molecule has 1 amide bonds. The second-order valence-corrected chi connectivity index (χ2v) is 4.89. The van der Waals surface area contributed by atoms with E-state index in [-0.39, 0.29) is 11.7 Å². The van der Waals surface area contributed by atoms with E-state index in [2.05, 4.69) is 19.0 Å². The topological polar surface area (TPSA) is 55.6 Å². The molecule has 0 saturated carbocycles. The number of carbonyl (C=O) groups excluding carboxylic acids is 1. The van der Waals surface area contributed by atoms with Crippen molar-refractivity contribution in [3.8, 4) is 5.88 Å². The number of nitrogens with zero attached hydrogens (tertiary/aromatic N) is 2. The van der Waals surface area contributed by atoms with Crippen LogP contribution in [0.1, 0.15) is 30.8 Å². The van der Waals surface area contributed by atoms with Crippen LogP contribution in [0.5, 0.6) is 5.88 Å². The summed E-state index contributed by atoms with van der Waals surface area (Å²) in [6, 6.07) is 1.53. The Labute approximate surface area is 101 Å². The molecule has 1 saturated heterocycles. The van der Waals surface area contributed by atoms with Crippen LogP contribution in [-0.2, 0) is 0 Å². The molecule has 0 aliphatic carbocycles. The van der Waals surface area contributed by atoms with Crippen molar-refractivity contribution in [2.24, 2.45) is 11.8 Å². The average molecular weight is 238 g/mol. The Kier molecular flexibility index (Phi) is 3.36. The van der Waals surface area contributed by atoms with Crippen molar-refractivity contribution in [1.82, 2.24) is 10.1 Å². The van der Waals surface area contributed by atoms with Gasteiger partial charge in [0.15, 0.2) is 0 Å². The lowest BCUT2D eigenvalue weighted by atomic mass is 9.92. The third-order valence-corrected chi connectivity index (χ3v) is 3.06. The average Bonchev–Trinajstić information content (AvgIpc) is 2.75. The maximum absolute atomic E-state index is 12.2. The largest absolute Gasteiger partial charge is 0.479 e. The van der Waals surface area contributed by atoms with Crippen molar-refractivity contribution < 1.29 is 14.1 Å². The molecule has 1 aromatic heterocycles. The molecule has 0 N–H and O–H groups in total. The first-order chi connectivity index (χ1) is 8.10. The first-order valence-corrected chi connectivity index (χ1v) is 5.90. The van der Waals surface area contributed by atoms with Crippen molar-refractivity contribution in [3.63, 3.8) is 0 Å². The van der Waals surface area contributed by atoms with E-state index in [0.717, 1.165) is 13.1 Å². The Morgan fingerprint density at radius 3 is 2.65 bits per heavy atom. The van der Waals surface area contributed by atoms with Gasteiger partial charge in [-0.2, -0.15) is 0 Å². The third kappa shape index (κ3) is 2.60. The molecule has 0 spiro atoms. The number of carbonyl (C=O) groups is 1. The van der Waals surface area contributed by atoms with Crippen molar-refractivity contribution in [2.75, 3.05) is 20.2 Å². The number of piperidine rings is 1. The lowest BCUT2D eigenvalue weighted by Gasteiger charge is -2.34. The van der Waals surface area contributed by atoms with Gasteiger partial charge in [0.05, 0.1) is 13.2 Å². The zero-order valence-corrected chi connectivity index (χ0v) is 10.5. The molecule has 94 valence electrons. The van der Waals surface area contributed by atoms with Crippen LogP contribution in [0.25, 0.3) is 0 Å². The highest BCUT2D eigenvalue weighted by Gasteiger charge is 2.28. The minimum Gasteiger partial charge on any atom is -0.479 e. The van der Waals surface area contributed by atoms with Gasteiger partial charge in [-0.3, -0.25) is 4.79 Å². The van der Waals surface area contributed by atoms with E-state index in [1.807, 2.05) is 4.90 Å². The minimum atomic E-state index is -0.0980. The molecule has 17 heavy (non-hydrogen) atoms. The van der Waals surface area contributed by atoms with Crippen LogP contribution in [0, 0.1) is 11.8 Å². The van der Waals surface area contributed by atoms with Crippen LogP contribution in [0.15, 0.2) is 10.6 Å². The number of hydrogen-bond donors (Lipinski definition) is 0. The van der Waals surface area contributed by atoms with Gasteiger partial charge in [0.25, 0.3) is 11.8 Å². The standard InChI is InChI=1S/C12H18N2O3/c1-8-4-9(2)7-14(6-8)12(15)10-5-11(16-3)13-17-10/h5,8-9H,4,6-7H2,1-3H3. The van der Waals surface area contributed by atoms with Gasteiger partial charge in [0.1, 0.15) is 0 Å². The lowest BCUT2D eigenvalue weighted by Crippen LogP contribution is -2.42. The van der Waals surface area contributed by atoms with Crippen LogP contribution in [-0.4, -0.2) is 36.2 Å². The molecule has 1 aliphatic rings. The molecule has 2 atom stereocenters. The van der Waals surface area contributed by atoms with Crippen LogP contribution in [0.2, 0.25) is 0 Å². The smallest absolute Gasteiger partial charge is 0.292 e. The Balaban J connectivity index is 2.08. The Morgan fingerprint density at radius 1 is 1.47 bits per heavy atom. The molecular formula is C12H18N2O3. The third-order valence-electron chi connectivity index (χ3n) is 3.06. The van der Waals surface area contributed by atoms with Crippen molar-refractivity contribution >= 4 is 5.91 Å². The number of amides is 1. The van der Waals surface area contributed by atoms with E-state index >= 15 is 0 Å². The van der Waals surface area contributed by atoms with Gasteiger partial charge >= 0.3 is 0 Å². The predicted octanol–water partition coefficient (Wildman–Crippen LogP) is 1.80. The second-order valence-electron chi connectivity index (χ2n) is 4.89. The molecular weight excluding hydrogens is 220 g/mol. The van der Waals surface area contributed by atoms with E-state index in [9.17, 15) is 4.79 Å². The van der Waals surface area contributed by atoms with E-state index in [1.165, 1.54) is 19.6 Å². The van der Waals surface area contributed by atoms with E-state index < -0.39 is 0 Å². The van der Waals surface area contributed by atoms with Gasteiger partial charge in [0.2, 0.25) is 5.76 Å². The highest BCUT2D eigenvalue weighted by molar-refractivity contribution is 5.91. The number of aromatic nitrogens is 1. The Morgan fingerprint density at radius 2 is 2.12 bits per heavy atom. The van der Waals surface area contributed by atoms with Crippen molar-refractivity contribution in [2.45, 2.75) is 20.3 Å². The first-order valence-electron chi connectivity index (χ1n) is 5.90. The molecule has 5 nitrogen and oxygen atoms in total. The molecule has 2 heterocycles. The molecule has 2 unspecified atom stereocenters. The fraction of sp³-hybridized carbons (Fsp3) is 0.667. The Hall–Kier alpha value is -1.52. The highest BCUT2D eigenvalue weighted by atomic mass is 16.5. The van der Waals surface area contributed by atoms with Gasteiger partial charge < -0.3 is 14.2 Å². The van der Waals surface area contributed by atoms with Gasteiger partial charge in [-0.15, -0.1) is 0 Å². The van der Waals surface area contributed by atoms with Gasteiger partial charge in [0, 0.05) is 13.1 Å². The summed E-state index contributed by atoms with van der Waals surface area (Å²) in [6.45, 7) is 5.90. The summed E-state index contributed by atoms with van der Waals surface area (Å²) in [5.74, 6) is 1.56. The van der Waals surface area contributed by atoms with E-state index in [4.69, 9.17) is 9.26 Å². The number of hydrogen-bond acceptors (Lipinski definition) is 4. The molecule has 0 aromatic carbocycles. The van der Waals surface area contributed by atoms with Gasteiger partial charge in [-0.1, -0.05) is 13.8 Å². The molecule has 1 aromatic rings. The second kappa shape index (κ2) is 4.77. The molecule has 2 rings (SSSR count). The summed E-state index contributed by atoms with van der Waals surface area (Å²) in [5.41, 5.74) is 0. The van der Waals surface area contributed by atoms with Gasteiger partial charge in [-0.25, -0.2) is 0 Å². The molecule has 1 fully saturated rings. The number of likely N-dealkylation sites (tertiary alicyclic amines) is 1. The molecule has 5 heteroatoms. The zero-order chi connectivity index (χ0) is 12.4. The van der Waals surface area contributed by atoms with Crippen molar-refractivity contribution in [3.05, 3.63) is 11.8 Å². The molecule has 1 aliphatic heterocycles. The molecule has 0 radical (unpaired) electrons. The van der Waals surface area contributed by atoms with Crippen LogP contribution in [0.3, 0.4) is 0 Å².